The lowest BCUT2D eigenvalue weighted by molar-refractivity contribution is 0.0946. The van der Waals surface area contributed by atoms with Gasteiger partial charge in [0.05, 0.1) is 8.45 Å². The molecule has 0 unspecified atom stereocenters. The van der Waals surface area contributed by atoms with Crippen LogP contribution in [0.2, 0.25) is 0 Å². The van der Waals surface area contributed by atoms with E-state index in [1.807, 2.05) is 25.3 Å². The van der Waals surface area contributed by atoms with Gasteiger partial charge < -0.3 is 11.1 Å². The van der Waals surface area contributed by atoms with Gasteiger partial charge in [-0.2, -0.15) is 0 Å². The molecule has 0 aliphatic rings. The van der Waals surface area contributed by atoms with Gasteiger partial charge in [-0.25, -0.2) is 0 Å². The fourth-order valence-electron chi connectivity index (χ4n) is 0.839. The maximum atomic E-state index is 11.5. The van der Waals surface area contributed by atoms with Gasteiger partial charge in [-0.1, -0.05) is 0 Å². The van der Waals surface area contributed by atoms with Gasteiger partial charge in [-0.3, -0.25) is 4.79 Å². The number of halogens is 2. The first-order valence-corrected chi connectivity index (χ1v) is 6.15. The summed E-state index contributed by atoms with van der Waals surface area (Å²) < 4.78 is 1.11. The van der Waals surface area contributed by atoms with Crippen LogP contribution in [0.5, 0.6) is 0 Å². The summed E-state index contributed by atoms with van der Waals surface area (Å²) in [5.74, 6) is -0.0531. The van der Waals surface area contributed by atoms with Crippen LogP contribution in [0, 0.1) is 2.88 Å². The highest BCUT2D eigenvalue weighted by Gasteiger charge is 2.13. The molecule has 3 nitrogen and oxygen atoms in total. The van der Waals surface area contributed by atoms with E-state index in [0.29, 0.717) is 12.1 Å². The van der Waals surface area contributed by atoms with E-state index in [1.54, 1.807) is 11.3 Å². The van der Waals surface area contributed by atoms with E-state index in [2.05, 4.69) is 27.9 Å². The van der Waals surface area contributed by atoms with Gasteiger partial charge >= 0.3 is 0 Å². The monoisotopic (exact) mass is 360 g/mol. The third-order valence-corrected chi connectivity index (χ3v) is 3.32. The lowest BCUT2D eigenvalue weighted by Crippen LogP contribution is -2.45. The summed E-state index contributed by atoms with van der Waals surface area (Å²) >= 11 is 3.75. The van der Waals surface area contributed by atoms with Crippen LogP contribution in [-0.4, -0.2) is 18.0 Å². The van der Waals surface area contributed by atoms with Crippen molar-refractivity contribution in [3.8, 4) is 0 Å². The zero-order valence-electron chi connectivity index (χ0n) is 8.54. The average Bonchev–Trinajstić information content (AvgIpc) is 2.46. The van der Waals surface area contributed by atoms with Crippen molar-refractivity contribution >= 4 is 52.2 Å². The van der Waals surface area contributed by atoms with Crippen LogP contribution in [0.1, 0.15) is 24.2 Å². The van der Waals surface area contributed by atoms with Gasteiger partial charge in [0.2, 0.25) is 0 Å². The minimum absolute atomic E-state index is 0. The summed E-state index contributed by atoms with van der Waals surface area (Å²) in [5, 5.41) is 4.64. The predicted molar refractivity (Wildman–Crippen MR) is 74.9 cm³/mol. The van der Waals surface area contributed by atoms with Crippen molar-refractivity contribution in [2.75, 3.05) is 6.54 Å². The van der Waals surface area contributed by atoms with Crippen LogP contribution >= 0.6 is 46.3 Å². The van der Waals surface area contributed by atoms with Crippen molar-refractivity contribution in [1.29, 1.82) is 0 Å². The van der Waals surface area contributed by atoms with E-state index in [4.69, 9.17) is 5.73 Å². The van der Waals surface area contributed by atoms with Crippen LogP contribution < -0.4 is 11.1 Å². The molecule has 0 aromatic carbocycles. The Morgan fingerprint density at radius 3 is 2.67 bits per heavy atom. The lowest BCUT2D eigenvalue weighted by atomic mass is 10.1. The number of carbonyl (C=O) groups is 1. The topological polar surface area (TPSA) is 55.1 Å². The largest absolute Gasteiger partial charge is 0.350 e. The average molecular weight is 361 g/mol. The molecule has 0 radical (unpaired) electrons. The molecule has 86 valence electrons. The predicted octanol–water partition coefficient (Wildman–Crippen LogP) is 2.24. The summed E-state index contributed by atoms with van der Waals surface area (Å²) in [6, 6.07) is 1.87. The number of carbonyl (C=O) groups excluding carboxylic acids is 1. The normalized spacial score (nSPS) is 10.7. The van der Waals surface area contributed by atoms with Crippen LogP contribution in [0.15, 0.2) is 11.4 Å². The Hall–Kier alpha value is 0.150. The Bertz CT molecular complexity index is 335. The Labute approximate surface area is 113 Å². The minimum Gasteiger partial charge on any atom is -0.350 e. The molecular formula is C9H14ClIN2OS. The summed E-state index contributed by atoms with van der Waals surface area (Å²) in [5.41, 5.74) is 6.10. The number of thiophene rings is 1. The van der Waals surface area contributed by atoms with Crippen molar-refractivity contribution in [3.05, 3.63) is 19.9 Å². The van der Waals surface area contributed by atoms with Gasteiger partial charge in [0.25, 0.3) is 5.91 Å². The number of nitrogens with one attached hydrogen (secondary N) is 1. The second-order valence-corrected chi connectivity index (χ2v) is 6.62. The number of amides is 1. The molecule has 0 spiro atoms. The molecule has 1 heterocycles. The van der Waals surface area contributed by atoms with Gasteiger partial charge in [0.1, 0.15) is 0 Å². The smallest absolute Gasteiger partial charge is 0.252 e. The fourth-order valence-corrected chi connectivity index (χ4v) is 2.17. The van der Waals surface area contributed by atoms with Crippen molar-refractivity contribution in [2.45, 2.75) is 19.4 Å². The molecule has 3 N–H and O–H groups in total. The van der Waals surface area contributed by atoms with Crippen LogP contribution in [-0.2, 0) is 0 Å². The summed E-state index contributed by atoms with van der Waals surface area (Å²) in [4.78, 5) is 11.5. The lowest BCUT2D eigenvalue weighted by Gasteiger charge is -2.18. The first kappa shape index (κ1) is 15.2. The number of hydrogen-bond donors (Lipinski definition) is 2. The SMILES string of the molecule is CC(C)(N)CNC(=O)c1csc(I)c1.Cl. The van der Waals surface area contributed by atoms with Gasteiger partial charge in [0.15, 0.2) is 0 Å². The van der Waals surface area contributed by atoms with E-state index in [9.17, 15) is 4.79 Å². The van der Waals surface area contributed by atoms with Crippen LogP contribution in [0.4, 0.5) is 0 Å². The van der Waals surface area contributed by atoms with Crippen molar-refractivity contribution in [1.82, 2.24) is 5.32 Å². The molecule has 0 bridgehead atoms. The van der Waals surface area contributed by atoms with E-state index in [-0.39, 0.29) is 23.9 Å². The molecule has 15 heavy (non-hydrogen) atoms. The molecule has 6 heteroatoms. The first-order valence-electron chi connectivity index (χ1n) is 4.19. The van der Waals surface area contributed by atoms with Crippen LogP contribution in [0.3, 0.4) is 0 Å². The van der Waals surface area contributed by atoms with E-state index >= 15 is 0 Å². The highest BCUT2D eigenvalue weighted by Crippen LogP contribution is 2.16. The van der Waals surface area contributed by atoms with Crippen molar-refractivity contribution in [2.24, 2.45) is 5.73 Å². The third-order valence-electron chi connectivity index (χ3n) is 1.53. The molecule has 0 fully saturated rings. The zero-order chi connectivity index (χ0) is 10.8. The molecule has 1 rings (SSSR count). The maximum absolute atomic E-state index is 11.5. The third kappa shape index (κ3) is 5.70. The number of nitrogens with two attached hydrogens (primary N) is 1. The summed E-state index contributed by atoms with van der Waals surface area (Å²) in [6.45, 7) is 4.24. The van der Waals surface area contributed by atoms with Gasteiger partial charge in [0, 0.05) is 17.5 Å². The molecule has 1 aromatic rings. The molecule has 0 saturated heterocycles. The maximum Gasteiger partial charge on any atom is 0.252 e. The van der Waals surface area contributed by atoms with E-state index in [0.717, 1.165) is 2.88 Å². The van der Waals surface area contributed by atoms with E-state index in [1.165, 1.54) is 0 Å². The molecular weight excluding hydrogens is 347 g/mol. The quantitative estimate of drug-likeness (QED) is 0.812. The minimum atomic E-state index is -0.362. The van der Waals surface area contributed by atoms with Crippen molar-refractivity contribution in [3.63, 3.8) is 0 Å². The number of hydrogen-bond acceptors (Lipinski definition) is 3. The Balaban J connectivity index is 0.00000196. The Kier molecular flexibility index (Phi) is 6.09. The molecule has 0 saturated carbocycles. The Morgan fingerprint density at radius 1 is 1.67 bits per heavy atom. The molecule has 0 aliphatic carbocycles. The van der Waals surface area contributed by atoms with Crippen molar-refractivity contribution < 1.29 is 4.79 Å². The Morgan fingerprint density at radius 2 is 2.27 bits per heavy atom. The molecule has 0 atom stereocenters. The van der Waals surface area contributed by atoms with Gasteiger partial charge in [-0.05, 0) is 42.5 Å². The molecule has 0 aliphatic heterocycles. The molecule has 1 amide bonds. The fraction of sp³-hybridized carbons (Fsp3) is 0.444. The molecule has 1 aromatic heterocycles. The summed E-state index contributed by atoms with van der Waals surface area (Å²) in [6.07, 6.45) is 0. The second kappa shape index (κ2) is 6.03. The first-order chi connectivity index (χ1) is 6.38. The second-order valence-electron chi connectivity index (χ2n) is 3.81. The summed E-state index contributed by atoms with van der Waals surface area (Å²) in [7, 11) is 0. The number of rotatable bonds is 3. The zero-order valence-corrected chi connectivity index (χ0v) is 12.3. The van der Waals surface area contributed by atoms with Crippen LogP contribution in [0.25, 0.3) is 0 Å². The standard InChI is InChI=1S/C9H13IN2OS.ClH/c1-9(2,11)5-12-8(13)6-3-7(10)14-4-6;/h3-4H,5,11H2,1-2H3,(H,12,13);1H. The van der Waals surface area contributed by atoms with Gasteiger partial charge in [-0.15, -0.1) is 23.7 Å². The highest BCUT2D eigenvalue weighted by atomic mass is 127. The highest BCUT2D eigenvalue weighted by molar-refractivity contribution is 14.1. The van der Waals surface area contributed by atoms with E-state index < -0.39 is 0 Å².